The highest BCUT2D eigenvalue weighted by Crippen LogP contribution is 2.25. The Morgan fingerprint density at radius 1 is 1.43 bits per heavy atom. The Labute approximate surface area is 84.7 Å². The average Bonchev–Trinajstić information content (AvgIpc) is 2.18. The molecule has 0 bridgehead atoms. The van der Waals surface area contributed by atoms with Crippen LogP contribution < -0.4 is 10.1 Å². The van der Waals surface area contributed by atoms with Gasteiger partial charge in [-0.3, -0.25) is 0 Å². The van der Waals surface area contributed by atoms with Crippen LogP contribution in [-0.4, -0.2) is 18.8 Å². The molecule has 0 atom stereocenters. The van der Waals surface area contributed by atoms with Crippen LogP contribution in [0.4, 0.5) is 0 Å². The molecule has 1 rings (SSSR count). The van der Waals surface area contributed by atoms with Crippen molar-refractivity contribution in [2.45, 2.75) is 19.9 Å². The monoisotopic (exact) mass is 195 g/mol. The molecule has 0 saturated carbocycles. The van der Waals surface area contributed by atoms with Crippen molar-refractivity contribution in [1.82, 2.24) is 5.32 Å². The van der Waals surface area contributed by atoms with Gasteiger partial charge in [-0.25, -0.2) is 0 Å². The maximum atomic E-state index is 9.50. The summed E-state index contributed by atoms with van der Waals surface area (Å²) in [6, 6.07) is 5.45. The first-order chi connectivity index (χ1) is 6.77. The molecule has 0 aliphatic heterocycles. The van der Waals surface area contributed by atoms with E-state index in [2.05, 4.69) is 12.2 Å². The van der Waals surface area contributed by atoms with Gasteiger partial charge in [0.2, 0.25) is 0 Å². The molecule has 0 spiro atoms. The second-order valence-corrected chi connectivity index (χ2v) is 3.18. The summed E-state index contributed by atoms with van der Waals surface area (Å²) < 4.78 is 4.96. The summed E-state index contributed by atoms with van der Waals surface area (Å²) in [7, 11) is 1.55. The van der Waals surface area contributed by atoms with E-state index in [1.165, 1.54) is 0 Å². The van der Waals surface area contributed by atoms with Crippen LogP contribution in [0.2, 0.25) is 0 Å². The number of rotatable bonds is 5. The summed E-state index contributed by atoms with van der Waals surface area (Å²) in [6.45, 7) is 3.90. The van der Waals surface area contributed by atoms with Gasteiger partial charge in [-0.05, 0) is 30.7 Å². The predicted octanol–water partition coefficient (Wildman–Crippen LogP) is 1.90. The van der Waals surface area contributed by atoms with E-state index in [-0.39, 0.29) is 5.75 Å². The van der Waals surface area contributed by atoms with Gasteiger partial charge >= 0.3 is 0 Å². The van der Waals surface area contributed by atoms with Crippen LogP contribution in [0.25, 0.3) is 0 Å². The molecule has 78 valence electrons. The third-order valence-electron chi connectivity index (χ3n) is 2.00. The van der Waals surface area contributed by atoms with E-state index in [0.717, 1.165) is 25.1 Å². The summed E-state index contributed by atoms with van der Waals surface area (Å²) in [5.41, 5.74) is 1.07. The summed E-state index contributed by atoms with van der Waals surface area (Å²) in [5.74, 6) is 0.715. The van der Waals surface area contributed by atoms with Crippen LogP contribution in [0.5, 0.6) is 11.5 Å². The molecule has 1 aromatic carbocycles. The Hall–Kier alpha value is -1.22. The lowest BCUT2D eigenvalue weighted by molar-refractivity contribution is 0.373. The van der Waals surface area contributed by atoms with E-state index >= 15 is 0 Å². The second kappa shape index (κ2) is 5.50. The van der Waals surface area contributed by atoms with Gasteiger partial charge in [-0.15, -0.1) is 0 Å². The van der Waals surface area contributed by atoms with Crippen molar-refractivity contribution in [2.75, 3.05) is 13.7 Å². The molecule has 0 aliphatic rings. The lowest BCUT2D eigenvalue weighted by Gasteiger charge is -2.06. The first kappa shape index (κ1) is 10.9. The van der Waals surface area contributed by atoms with E-state index in [9.17, 15) is 5.11 Å². The highest BCUT2D eigenvalue weighted by molar-refractivity contribution is 5.41. The summed E-state index contributed by atoms with van der Waals surface area (Å²) in [5, 5.41) is 12.8. The first-order valence-corrected chi connectivity index (χ1v) is 4.84. The number of phenols is 1. The number of hydrogen-bond donors (Lipinski definition) is 2. The number of methoxy groups -OCH3 is 1. The zero-order valence-corrected chi connectivity index (χ0v) is 8.71. The number of aromatic hydroxyl groups is 1. The maximum Gasteiger partial charge on any atom is 0.160 e. The standard InChI is InChI=1S/C11H17NO2/c1-3-6-12-8-9-4-5-11(14-2)10(13)7-9/h4-5,7,12-13H,3,6,8H2,1-2H3. The third kappa shape index (κ3) is 2.92. The Morgan fingerprint density at radius 2 is 2.21 bits per heavy atom. The van der Waals surface area contributed by atoms with Crippen molar-refractivity contribution in [2.24, 2.45) is 0 Å². The normalized spacial score (nSPS) is 10.1. The van der Waals surface area contributed by atoms with E-state index in [0.29, 0.717) is 5.75 Å². The van der Waals surface area contributed by atoms with Crippen LogP contribution in [0.1, 0.15) is 18.9 Å². The third-order valence-corrected chi connectivity index (χ3v) is 2.00. The number of nitrogens with one attached hydrogen (secondary N) is 1. The Morgan fingerprint density at radius 3 is 2.79 bits per heavy atom. The van der Waals surface area contributed by atoms with Gasteiger partial charge in [0.1, 0.15) is 0 Å². The van der Waals surface area contributed by atoms with E-state index < -0.39 is 0 Å². The van der Waals surface area contributed by atoms with Gasteiger partial charge in [0.15, 0.2) is 11.5 Å². The predicted molar refractivity (Wildman–Crippen MR) is 56.7 cm³/mol. The SMILES string of the molecule is CCCNCc1ccc(OC)c(O)c1. The molecule has 0 unspecified atom stereocenters. The van der Waals surface area contributed by atoms with Gasteiger partial charge < -0.3 is 15.2 Å². The molecule has 14 heavy (non-hydrogen) atoms. The summed E-state index contributed by atoms with van der Waals surface area (Å²) in [6.07, 6.45) is 1.11. The van der Waals surface area contributed by atoms with E-state index in [4.69, 9.17) is 4.74 Å². The topological polar surface area (TPSA) is 41.5 Å². The van der Waals surface area contributed by atoms with Gasteiger partial charge in [-0.2, -0.15) is 0 Å². The molecule has 0 aliphatic carbocycles. The van der Waals surface area contributed by atoms with Crippen LogP contribution in [-0.2, 0) is 6.54 Å². The van der Waals surface area contributed by atoms with E-state index in [1.807, 2.05) is 6.07 Å². The largest absolute Gasteiger partial charge is 0.504 e. The highest BCUT2D eigenvalue weighted by atomic mass is 16.5. The zero-order chi connectivity index (χ0) is 10.4. The Kier molecular flexibility index (Phi) is 4.26. The number of benzene rings is 1. The summed E-state index contributed by atoms with van der Waals surface area (Å²) >= 11 is 0. The number of phenolic OH excluding ortho intramolecular Hbond substituents is 1. The van der Waals surface area contributed by atoms with Crippen LogP contribution in [0, 0.1) is 0 Å². The first-order valence-electron chi connectivity index (χ1n) is 4.84. The minimum atomic E-state index is 0.197. The highest BCUT2D eigenvalue weighted by Gasteiger charge is 2.01. The Balaban J connectivity index is 2.57. The number of ether oxygens (including phenoxy) is 1. The fourth-order valence-corrected chi connectivity index (χ4v) is 1.26. The quantitative estimate of drug-likeness (QED) is 0.705. The molecule has 2 N–H and O–H groups in total. The molecule has 0 saturated heterocycles. The Bertz CT molecular complexity index is 287. The molecule has 3 heteroatoms. The molecule has 3 nitrogen and oxygen atoms in total. The smallest absolute Gasteiger partial charge is 0.160 e. The second-order valence-electron chi connectivity index (χ2n) is 3.18. The molecular weight excluding hydrogens is 178 g/mol. The van der Waals surface area contributed by atoms with Crippen molar-refractivity contribution >= 4 is 0 Å². The fraction of sp³-hybridized carbons (Fsp3) is 0.455. The molecule has 0 radical (unpaired) electrons. The zero-order valence-electron chi connectivity index (χ0n) is 8.71. The molecule has 0 aromatic heterocycles. The van der Waals surface area contributed by atoms with Crippen molar-refractivity contribution in [3.8, 4) is 11.5 Å². The van der Waals surface area contributed by atoms with Crippen molar-refractivity contribution in [1.29, 1.82) is 0 Å². The van der Waals surface area contributed by atoms with Crippen LogP contribution >= 0.6 is 0 Å². The van der Waals surface area contributed by atoms with Gasteiger partial charge in [0, 0.05) is 6.54 Å². The number of hydrogen-bond acceptors (Lipinski definition) is 3. The fourth-order valence-electron chi connectivity index (χ4n) is 1.26. The molecule has 1 aromatic rings. The van der Waals surface area contributed by atoms with Crippen LogP contribution in [0.3, 0.4) is 0 Å². The van der Waals surface area contributed by atoms with Crippen molar-refractivity contribution in [3.05, 3.63) is 23.8 Å². The van der Waals surface area contributed by atoms with Crippen molar-refractivity contribution in [3.63, 3.8) is 0 Å². The van der Waals surface area contributed by atoms with E-state index in [1.54, 1.807) is 19.2 Å². The van der Waals surface area contributed by atoms with Gasteiger partial charge in [-0.1, -0.05) is 13.0 Å². The molecule has 0 fully saturated rings. The van der Waals surface area contributed by atoms with Crippen LogP contribution in [0.15, 0.2) is 18.2 Å². The summed E-state index contributed by atoms with van der Waals surface area (Å²) in [4.78, 5) is 0. The lowest BCUT2D eigenvalue weighted by atomic mass is 10.2. The maximum absolute atomic E-state index is 9.50. The molecular formula is C11H17NO2. The van der Waals surface area contributed by atoms with Gasteiger partial charge in [0.05, 0.1) is 7.11 Å². The molecule has 0 amide bonds. The lowest BCUT2D eigenvalue weighted by Crippen LogP contribution is -2.13. The molecule has 0 heterocycles. The minimum absolute atomic E-state index is 0.197. The van der Waals surface area contributed by atoms with Gasteiger partial charge in [0.25, 0.3) is 0 Å². The minimum Gasteiger partial charge on any atom is -0.504 e. The average molecular weight is 195 g/mol. The van der Waals surface area contributed by atoms with Crippen molar-refractivity contribution < 1.29 is 9.84 Å².